The second-order valence-electron chi connectivity index (χ2n) is 10.8. The number of esters is 1. The molecule has 0 amide bonds. The number of fused-ring (bicyclic) bond motifs is 2. The summed E-state index contributed by atoms with van der Waals surface area (Å²) in [6.07, 6.45) is 4.26. The van der Waals surface area contributed by atoms with E-state index < -0.39 is 11.8 Å². The summed E-state index contributed by atoms with van der Waals surface area (Å²) in [6.45, 7) is 2.00. The third-order valence-electron chi connectivity index (χ3n) is 8.33. The molecule has 40 heavy (non-hydrogen) atoms. The number of carbonyl (C=O) groups excluding carboxylic acids is 1. The molecule has 7 rings (SSSR count). The van der Waals surface area contributed by atoms with Crippen molar-refractivity contribution in [1.82, 2.24) is 10.1 Å². The summed E-state index contributed by atoms with van der Waals surface area (Å²) in [5.41, 5.74) is 2.73. The van der Waals surface area contributed by atoms with Gasteiger partial charge in [-0.15, -0.1) is 0 Å². The zero-order valence-corrected chi connectivity index (χ0v) is 24.0. The first-order chi connectivity index (χ1) is 19.4. The molecule has 0 spiro atoms. The predicted octanol–water partition coefficient (Wildman–Crippen LogP) is 7.49. The van der Waals surface area contributed by atoms with Crippen molar-refractivity contribution in [3.8, 4) is 11.3 Å². The third-order valence-corrected chi connectivity index (χ3v) is 10.0. The number of hydrogen-bond acceptors (Lipinski definition) is 8. The highest BCUT2D eigenvalue weighted by molar-refractivity contribution is 7.22. The summed E-state index contributed by atoms with van der Waals surface area (Å²) in [5, 5.41) is 6.20. The summed E-state index contributed by atoms with van der Waals surface area (Å²) in [6, 6.07) is 8.25. The number of aromatic nitrogens is 2. The molecule has 3 aliphatic rings. The molecule has 7 nitrogen and oxygen atoms in total. The van der Waals surface area contributed by atoms with Gasteiger partial charge in [0, 0.05) is 36.1 Å². The van der Waals surface area contributed by atoms with E-state index in [9.17, 15) is 9.18 Å². The fourth-order valence-corrected chi connectivity index (χ4v) is 7.78. The maximum Gasteiger partial charge on any atom is 0.338 e. The number of carbonyl (C=O) groups is 1. The first kappa shape index (κ1) is 26.2. The lowest BCUT2D eigenvalue weighted by molar-refractivity contribution is 0.0164. The Morgan fingerprint density at radius 2 is 1.98 bits per heavy atom. The van der Waals surface area contributed by atoms with Gasteiger partial charge >= 0.3 is 5.97 Å². The van der Waals surface area contributed by atoms with Gasteiger partial charge in [-0.05, 0) is 55.9 Å². The van der Waals surface area contributed by atoms with Gasteiger partial charge in [-0.1, -0.05) is 45.8 Å². The van der Waals surface area contributed by atoms with Crippen molar-refractivity contribution in [2.75, 3.05) is 25.1 Å². The molecule has 0 radical (unpaired) electrons. The van der Waals surface area contributed by atoms with Gasteiger partial charge in [-0.2, -0.15) is 0 Å². The minimum absolute atomic E-state index is 0.0727. The van der Waals surface area contributed by atoms with Crippen molar-refractivity contribution >= 4 is 55.9 Å². The topological polar surface area (TPSA) is 77.7 Å². The van der Waals surface area contributed by atoms with E-state index >= 15 is 0 Å². The monoisotopic (exact) mass is 601 g/mol. The van der Waals surface area contributed by atoms with Crippen LogP contribution in [0, 0.1) is 17.7 Å². The van der Waals surface area contributed by atoms with Gasteiger partial charge in [0.25, 0.3) is 0 Å². The van der Waals surface area contributed by atoms with Crippen molar-refractivity contribution in [1.29, 1.82) is 0 Å². The van der Waals surface area contributed by atoms with Crippen LogP contribution in [0.15, 0.2) is 34.9 Å². The number of ether oxygens (including phenoxy) is 2. The lowest BCUT2D eigenvalue weighted by Gasteiger charge is -2.21. The zero-order valence-electron chi connectivity index (χ0n) is 21.7. The standard InChI is InChI=1S/C29H26Cl2FN3O4S/c1-37-28(36)16-9-21(32)26-23(10-16)40-29(33-26)35-11-15-7-8-22(17(15)12-35)38-13-18-25(34-39-27(18)14-5-6-14)24-19(30)3-2-4-20(24)31/h2-4,9-10,14-15,17,22H,5-8,11-13H2,1H3/t15-,17+,22+/m0/s1. The van der Waals surface area contributed by atoms with E-state index in [0.717, 1.165) is 55.2 Å². The summed E-state index contributed by atoms with van der Waals surface area (Å²) < 4.78 is 32.5. The lowest BCUT2D eigenvalue weighted by Crippen LogP contribution is -2.26. The van der Waals surface area contributed by atoms with E-state index in [2.05, 4.69) is 15.0 Å². The summed E-state index contributed by atoms with van der Waals surface area (Å²) in [7, 11) is 1.28. The molecule has 0 unspecified atom stereocenters. The maximum atomic E-state index is 14.7. The largest absolute Gasteiger partial charge is 0.465 e. The molecular weight excluding hydrogens is 576 g/mol. The third kappa shape index (κ3) is 4.57. The Kier molecular flexibility index (Phi) is 6.73. The van der Waals surface area contributed by atoms with E-state index in [1.165, 1.54) is 24.5 Å². The van der Waals surface area contributed by atoms with Gasteiger partial charge < -0.3 is 18.9 Å². The number of hydrogen-bond donors (Lipinski definition) is 0. The van der Waals surface area contributed by atoms with E-state index in [0.29, 0.717) is 50.4 Å². The Balaban J connectivity index is 1.10. The fourth-order valence-electron chi connectivity index (χ4n) is 6.17. The molecule has 1 saturated heterocycles. The van der Waals surface area contributed by atoms with Crippen LogP contribution in [0.4, 0.5) is 9.52 Å². The molecule has 1 aliphatic heterocycles. The SMILES string of the molecule is COC(=O)c1cc(F)c2nc(N3C[C@@H]4CC[C@@H](OCc5c(-c6c(Cl)cccc6Cl)noc5C5CC5)[C@@H]4C3)sc2c1. The molecule has 0 bridgehead atoms. The predicted molar refractivity (Wildman–Crippen MR) is 152 cm³/mol. The van der Waals surface area contributed by atoms with Crippen molar-refractivity contribution in [3.63, 3.8) is 0 Å². The van der Waals surface area contributed by atoms with Crippen LogP contribution in [0.3, 0.4) is 0 Å². The minimum Gasteiger partial charge on any atom is -0.465 e. The van der Waals surface area contributed by atoms with Gasteiger partial charge in [0.15, 0.2) is 10.9 Å². The van der Waals surface area contributed by atoms with Crippen LogP contribution in [0.5, 0.6) is 0 Å². The summed E-state index contributed by atoms with van der Waals surface area (Å²) in [4.78, 5) is 18.7. The van der Waals surface area contributed by atoms with Crippen molar-refractivity contribution < 1.29 is 23.2 Å². The first-order valence-corrected chi connectivity index (χ1v) is 15.0. The fraction of sp³-hybridized carbons (Fsp3) is 0.414. The maximum absolute atomic E-state index is 14.7. The second-order valence-corrected chi connectivity index (χ2v) is 12.6. The Morgan fingerprint density at radius 3 is 2.73 bits per heavy atom. The van der Waals surface area contributed by atoms with Gasteiger partial charge in [0.2, 0.25) is 0 Å². The first-order valence-electron chi connectivity index (χ1n) is 13.4. The highest BCUT2D eigenvalue weighted by atomic mass is 35.5. The second kappa shape index (κ2) is 10.3. The van der Waals surface area contributed by atoms with Crippen LogP contribution < -0.4 is 4.90 Å². The zero-order chi connectivity index (χ0) is 27.5. The normalized spacial score (nSPS) is 22.3. The lowest BCUT2D eigenvalue weighted by atomic mass is 9.99. The molecule has 208 valence electrons. The van der Waals surface area contributed by atoms with Gasteiger partial charge in [-0.25, -0.2) is 14.2 Å². The highest BCUT2D eigenvalue weighted by Gasteiger charge is 2.44. The van der Waals surface area contributed by atoms with Gasteiger partial charge in [-0.3, -0.25) is 0 Å². The number of methoxy groups -OCH3 is 1. The van der Waals surface area contributed by atoms with Crippen LogP contribution in [-0.4, -0.2) is 42.4 Å². The number of thiazole rings is 1. The minimum atomic E-state index is -0.566. The number of rotatable bonds is 7. The van der Waals surface area contributed by atoms with E-state index in [4.69, 9.17) is 37.2 Å². The average molecular weight is 603 g/mol. The van der Waals surface area contributed by atoms with E-state index in [1.807, 2.05) is 6.07 Å². The van der Waals surface area contributed by atoms with Crippen LogP contribution in [0.2, 0.25) is 10.0 Å². The van der Waals surface area contributed by atoms with Gasteiger partial charge in [0.05, 0.1) is 40.1 Å². The van der Waals surface area contributed by atoms with E-state index in [-0.39, 0.29) is 17.2 Å². The number of halogens is 3. The summed E-state index contributed by atoms with van der Waals surface area (Å²) >= 11 is 14.4. The highest BCUT2D eigenvalue weighted by Crippen LogP contribution is 2.47. The van der Waals surface area contributed by atoms with Crippen LogP contribution in [0.25, 0.3) is 21.5 Å². The smallest absolute Gasteiger partial charge is 0.338 e. The molecular formula is C29H26Cl2FN3O4S. The molecule has 2 aliphatic carbocycles. The molecule has 2 aromatic carbocycles. The number of nitrogens with zero attached hydrogens (tertiary/aromatic N) is 3. The molecule has 3 atom stereocenters. The number of anilines is 1. The Bertz CT molecular complexity index is 1600. The average Bonchev–Trinajstić information content (AvgIpc) is 3.26. The van der Waals surface area contributed by atoms with E-state index in [1.54, 1.807) is 18.2 Å². The Hall–Kier alpha value is -2.72. The van der Waals surface area contributed by atoms with Crippen LogP contribution in [-0.2, 0) is 16.1 Å². The quantitative estimate of drug-likeness (QED) is 0.203. The van der Waals surface area contributed by atoms with Crippen LogP contribution in [0.1, 0.15) is 53.3 Å². The van der Waals surface area contributed by atoms with Crippen molar-refractivity contribution in [2.45, 2.75) is 44.3 Å². The van der Waals surface area contributed by atoms with Crippen LogP contribution >= 0.6 is 34.5 Å². The molecule has 3 fully saturated rings. The number of benzene rings is 2. The summed E-state index contributed by atoms with van der Waals surface area (Å²) in [5.74, 6) is 0.948. The molecule has 0 N–H and O–H groups in total. The molecule has 2 saturated carbocycles. The van der Waals surface area contributed by atoms with Crippen molar-refractivity contribution in [2.24, 2.45) is 11.8 Å². The molecule has 2 aromatic heterocycles. The Morgan fingerprint density at radius 1 is 1.18 bits per heavy atom. The van der Waals surface area contributed by atoms with Gasteiger partial charge in [0.1, 0.15) is 17.0 Å². The van der Waals surface area contributed by atoms with Crippen molar-refractivity contribution in [3.05, 3.63) is 63.1 Å². The molecule has 4 aromatic rings. The molecule has 11 heteroatoms. The Labute approximate surface area is 244 Å². The molecule has 3 heterocycles.